The molecule has 3 unspecified atom stereocenters. The second-order valence-electron chi connectivity index (χ2n) is 7.12. The molecular weight excluding hydrogens is 312 g/mol. The van der Waals surface area contributed by atoms with E-state index in [2.05, 4.69) is 26.0 Å². The van der Waals surface area contributed by atoms with Crippen LogP contribution in [0.2, 0.25) is 0 Å². The summed E-state index contributed by atoms with van der Waals surface area (Å²) in [6, 6.07) is 10.1. The SMILES string of the molecule is C/C(=C/C(C)CO)C/C(C)=C/C(C)C(O)CCOCc1ccccc1. The Labute approximate surface area is 153 Å². The average Bonchev–Trinajstić information content (AvgIpc) is 2.58. The summed E-state index contributed by atoms with van der Waals surface area (Å²) >= 11 is 0. The Hall–Kier alpha value is -1.42. The van der Waals surface area contributed by atoms with Gasteiger partial charge in [-0.05, 0) is 38.2 Å². The van der Waals surface area contributed by atoms with E-state index in [9.17, 15) is 5.11 Å². The number of hydrogen-bond donors (Lipinski definition) is 2. The van der Waals surface area contributed by atoms with Gasteiger partial charge in [0.2, 0.25) is 0 Å². The molecule has 140 valence electrons. The maximum atomic E-state index is 10.3. The van der Waals surface area contributed by atoms with Crippen LogP contribution in [0.1, 0.15) is 46.1 Å². The molecule has 1 aromatic carbocycles. The van der Waals surface area contributed by atoms with Gasteiger partial charge in [-0.15, -0.1) is 0 Å². The van der Waals surface area contributed by atoms with Gasteiger partial charge in [-0.25, -0.2) is 0 Å². The Morgan fingerprint density at radius 2 is 1.72 bits per heavy atom. The smallest absolute Gasteiger partial charge is 0.0716 e. The van der Waals surface area contributed by atoms with Crippen LogP contribution in [0, 0.1) is 11.8 Å². The van der Waals surface area contributed by atoms with Crippen LogP contribution in [0.5, 0.6) is 0 Å². The molecule has 0 spiro atoms. The zero-order valence-electron chi connectivity index (χ0n) is 16.1. The molecule has 0 radical (unpaired) electrons. The van der Waals surface area contributed by atoms with E-state index < -0.39 is 6.10 Å². The van der Waals surface area contributed by atoms with Crippen molar-refractivity contribution in [2.45, 2.75) is 53.2 Å². The van der Waals surface area contributed by atoms with Crippen molar-refractivity contribution in [3.8, 4) is 0 Å². The summed E-state index contributed by atoms with van der Waals surface area (Å²) in [5, 5.41) is 19.4. The first kappa shape index (κ1) is 21.6. The predicted molar refractivity (Wildman–Crippen MR) is 104 cm³/mol. The summed E-state index contributed by atoms with van der Waals surface area (Å²) in [5.41, 5.74) is 3.65. The van der Waals surface area contributed by atoms with Gasteiger partial charge in [0.05, 0.1) is 12.7 Å². The Kier molecular flexibility index (Phi) is 10.4. The second kappa shape index (κ2) is 12.0. The molecule has 1 aromatic rings. The van der Waals surface area contributed by atoms with Crippen molar-refractivity contribution >= 4 is 0 Å². The lowest BCUT2D eigenvalue weighted by Crippen LogP contribution is -2.18. The minimum Gasteiger partial charge on any atom is -0.396 e. The molecule has 0 saturated carbocycles. The number of aliphatic hydroxyl groups is 2. The van der Waals surface area contributed by atoms with Gasteiger partial charge in [0.15, 0.2) is 0 Å². The first-order valence-electron chi connectivity index (χ1n) is 9.17. The van der Waals surface area contributed by atoms with Crippen LogP contribution in [0.3, 0.4) is 0 Å². The molecule has 1 rings (SSSR count). The monoisotopic (exact) mass is 346 g/mol. The number of allylic oxidation sites excluding steroid dienone is 2. The minimum absolute atomic E-state index is 0.100. The van der Waals surface area contributed by atoms with Crippen molar-refractivity contribution in [3.05, 3.63) is 59.2 Å². The standard InChI is InChI=1S/C22H34O3/c1-17(13-19(3)15-23)12-18(2)14-20(4)22(24)10-11-25-16-21-8-6-5-7-9-21/h5-9,13-14,19-20,22-24H,10-12,15-16H2,1-4H3/b17-13-,18-14+. The lowest BCUT2D eigenvalue weighted by atomic mass is 9.96. The van der Waals surface area contributed by atoms with Crippen LogP contribution in [-0.2, 0) is 11.3 Å². The largest absolute Gasteiger partial charge is 0.396 e. The van der Waals surface area contributed by atoms with Gasteiger partial charge in [0.1, 0.15) is 0 Å². The molecule has 0 bridgehead atoms. The van der Waals surface area contributed by atoms with Gasteiger partial charge < -0.3 is 14.9 Å². The van der Waals surface area contributed by atoms with Gasteiger partial charge >= 0.3 is 0 Å². The summed E-state index contributed by atoms with van der Waals surface area (Å²) in [5.74, 6) is 0.293. The van der Waals surface area contributed by atoms with E-state index in [0.29, 0.717) is 19.6 Å². The summed E-state index contributed by atoms with van der Waals surface area (Å²) < 4.78 is 5.65. The third-order valence-corrected chi connectivity index (χ3v) is 4.24. The zero-order valence-corrected chi connectivity index (χ0v) is 16.1. The lowest BCUT2D eigenvalue weighted by Gasteiger charge is -2.17. The van der Waals surface area contributed by atoms with Crippen LogP contribution in [0.4, 0.5) is 0 Å². The molecular formula is C22H34O3. The van der Waals surface area contributed by atoms with Crippen molar-refractivity contribution in [2.24, 2.45) is 11.8 Å². The van der Waals surface area contributed by atoms with Crippen LogP contribution in [0.25, 0.3) is 0 Å². The highest BCUT2D eigenvalue weighted by molar-refractivity contribution is 5.14. The molecule has 0 heterocycles. The fourth-order valence-electron chi connectivity index (χ4n) is 2.89. The molecule has 0 saturated heterocycles. The van der Waals surface area contributed by atoms with Gasteiger partial charge in [-0.2, -0.15) is 0 Å². The maximum Gasteiger partial charge on any atom is 0.0716 e. The number of ether oxygens (including phenoxy) is 1. The van der Waals surface area contributed by atoms with E-state index >= 15 is 0 Å². The molecule has 0 aromatic heterocycles. The molecule has 2 N–H and O–H groups in total. The molecule has 0 aliphatic rings. The molecule has 25 heavy (non-hydrogen) atoms. The van der Waals surface area contributed by atoms with Crippen molar-refractivity contribution in [2.75, 3.05) is 13.2 Å². The number of aliphatic hydroxyl groups excluding tert-OH is 2. The fourth-order valence-corrected chi connectivity index (χ4v) is 2.89. The maximum absolute atomic E-state index is 10.3. The summed E-state index contributed by atoms with van der Waals surface area (Å²) in [4.78, 5) is 0. The van der Waals surface area contributed by atoms with Crippen molar-refractivity contribution in [3.63, 3.8) is 0 Å². The summed E-state index contributed by atoms with van der Waals surface area (Å²) in [6.45, 7) is 9.55. The second-order valence-corrected chi connectivity index (χ2v) is 7.12. The third-order valence-electron chi connectivity index (χ3n) is 4.24. The molecule has 0 fully saturated rings. The topological polar surface area (TPSA) is 49.7 Å². The molecule has 0 aliphatic heterocycles. The first-order valence-corrected chi connectivity index (χ1v) is 9.17. The lowest BCUT2D eigenvalue weighted by molar-refractivity contribution is 0.0588. The Balaban J connectivity index is 2.34. The fraction of sp³-hybridized carbons (Fsp3) is 0.545. The number of hydrogen-bond acceptors (Lipinski definition) is 3. The van der Waals surface area contributed by atoms with E-state index in [0.717, 1.165) is 12.0 Å². The third kappa shape index (κ3) is 9.59. The molecule has 3 atom stereocenters. The Bertz CT molecular complexity index is 533. The molecule has 3 heteroatoms. The highest BCUT2D eigenvalue weighted by atomic mass is 16.5. The highest BCUT2D eigenvalue weighted by Gasteiger charge is 2.12. The van der Waals surface area contributed by atoms with Crippen LogP contribution in [0.15, 0.2) is 53.6 Å². The summed E-state index contributed by atoms with van der Waals surface area (Å²) in [7, 11) is 0. The van der Waals surface area contributed by atoms with Crippen LogP contribution in [-0.4, -0.2) is 29.5 Å². The van der Waals surface area contributed by atoms with Crippen molar-refractivity contribution in [1.29, 1.82) is 0 Å². The number of benzene rings is 1. The first-order chi connectivity index (χ1) is 11.9. The van der Waals surface area contributed by atoms with E-state index in [1.165, 1.54) is 11.1 Å². The van der Waals surface area contributed by atoms with E-state index in [-0.39, 0.29) is 18.4 Å². The quantitative estimate of drug-likeness (QED) is 0.458. The number of rotatable bonds is 11. The van der Waals surface area contributed by atoms with Crippen LogP contribution >= 0.6 is 0 Å². The van der Waals surface area contributed by atoms with Gasteiger partial charge in [-0.3, -0.25) is 0 Å². The zero-order chi connectivity index (χ0) is 18.7. The van der Waals surface area contributed by atoms with Gasteiger partial charge in [0, 0.05) is 19.1 Å². The predicted octanol–water partition coefficient (Wildman–Crippen LogP) is 4.50. The van der Waals surface area contributed by atoms with E-state index in [1.807, 2.05) is 44.2 Å². The molecule has 3 nitrogen and oxygen atoms in total. The average molecular weight is 347 g/mol. The molecule has 0 aliphatic carbocycles. The van der Waals surface area contributed by atoms with Gasteiger partial charge in [0.25, 0.3) is 0 Å². The molecule has 0 amide bonds. The Morgan fingerprint density at radius 1 is 1.08 bits per heavy atom. The Morgan fingerprint density at radius 3 is 2.36 bits per heavy atom. The van der Waals surface area contributed by atoms with E-state index in [4.69, 9.17) is 9.84 Å². The highest BCUT2D eigenvalue weighted by Crippen LogP contribution is 2.17. The van der Waals surface area contributed by atoms with Gasteiger partial charge in [-0.1, -0.05) is 67.5 Å². The van der Waals surface area contributed by atoms with Crippen molar-refractivity contribution in [1.82, 2.24) is 0 Å². The van der Waals surface area contributed by atoms with Crippen molar-refractivity contribution < 1.29 is 14.9 Å². The van der Waals surface area contributed by atoms with E-state index in [1.54, 1.807) is 0 Å². The van der Waals surface area contributed by atoms with Crippen LogP contribution < -0.4 is 0 Å². The normalized spacial score (nSPS) is 16.6. The minimum atomic E-state index is -0.397. The summed E-state index contributed by atoms with van der Waals surface area (Å²) in [6.07, 6.45) is 5.37.